The summed E-state index contributed by atoms with van der Waals surface area (Å²) < 4.78 is 62.4. The van der Waals surface area contributed by atoms with Crippen LogP contribution < -0.4 is 0 Å². The summed E-state index contributed by atoms with van der Waals surface area (Å²) in [6, 6.07) is 4.15. The van der Waals surface area contributed by atoms with Crippen molar-refractivity contribution in [2.24, 2.45) is 0 Å². The van der Waals surface area contributed by atoms with Gasteiger partial charge >= 0.3 is 0 Å². The maximum atomic E-state index is 8.39. The summed E-state index contributed by atoms with van der Waals surface area (Å²) in [5, 5.41) is 0.587. The molecule has 0 aliphatic carbocycles. The fraction of sp³-hybridized carbons (Fsp3) is 0. The van der Waals surface area contributed by atoms with Gasteiger partial charge in [0.1, 0.15) is 11.2 Å². The number of hydrogen-bond donors (Lipinski definition) is 0. The Balaban J connectivity index is 2.37. The van der Waals surface area contributed by atoms with E-state index in [4.69, 9.17) is 25.6 Å². The Bertz CT molecular complexity index is 1260. The van der Waals surface area contributed by atoms with Crippen molar-refractivity contribution in [2.75, 3.05) is 0 Å². The molecular formula is C18H11ClO. The van der Waals surface area contributed by atoms with E-state index in [1.165, 1.54) is 0 Å². The lowest BCUT2D eigenvalue weighted by atomic mass is 9.99. The van der Waals surface area contributed by atoms with Crippen LogP contribution in [-0.4, -0.2) is 0 Å². The van der Waals surface area contributed by atoms with E-state index in [0.29, 0.717) is 10.6 Å². The van der Waals surface area contributed by atoms with Gasteiger partial charge < -0.3 is 4.42 Å². The van der Waals surface area contributed by atoms with Crippen LogP contribution in [0.2, 0.25) is 5.02 Å². The molecule has 0 aliphatic rings. The topological polar surface area (TPSA) is 13.1 Å². The average Bonchev–Trinajstić information content (AvgIpc) is 3.05. The predicted octanol–water partition coefficient (Wildman–Crippen LogP) is 5.91. The lowest BCUT2D eigenvalue weighted by Crippen LogP contribution is -1.80. The zero-order valence-corrected chi connectivity index (χ0v) is 10.9. The van der Waals surface area contributed by atoms with Crippen molar-refractivity contribution in [3.8, 4) is 11.1 Å². The lowest BCUT2D eigenvalue weighted by Gasteiger charge is -2.05. The van der Waals surface area contributed by atoms with Crippen molar-refractivity contribution >= 4 is 33.5 Å². The quantitative estimate of drug-likeness (QED) is 0.424. The molecule has 0 fully saturated rings. The van der Waals surface area contributed by atoms with Gasteiger partial charge in [0.05, 0.1) is 9.60 Å². The van der Waals surface area contributed by atoms with E-state index < -0.39 is 12.1 Å². The number of rotatable bonds is 1. The SMILES string of the molecule is [2H]c1c([2H])c([2H])c2c(oc3c([2H])c([2H])c([2H])c(-c4ccccc4Cl)c32)c1[2H]. The summed E-state index contributed by atoms with van der Waals surface area (Å²) in [4.78, 5) is 0. The fourth-order valence-corrected chi connectivity index (χ4v) is 2.46. The molecule has 2 heteroatoms. The third-order valence-corrected chi connectivity index (χ3v) is 3.42. The zero-order chi connectivity index (χ0) is 19.6. The molecule has 0 saturated carbocycles. The Morgan fingerprint density at radius 2 is 1.65 bits per heavy atom. The summed E-state index contributed by atoms with van der Waals surface area (Å²) in [7, 11) is 0. The Morgan fingerprint density at radius 3 is 2.55 bits per heavy atom. The van der Waals surface area contributed by atoms with E-state index in [9.17, 15) is 0 Å². The second-order valence-corrected chi connectivity index (χ2v) is 4.65. The van der Waals surface area contributed by atoms with Crippen molar-refractivity contribution in [1.82, 2.24) is 0 Å². The van der Waals surface area contributed by atoms with Crippen molar-refractivity contribution in [3.63, 3.8) is 0 Å². The lowest BCUT2D eigenvalue weighted by molar-refractivity contribution is 0.669. The molecular weight excluding hydrogens is 268 g/mol. The molecule has 96 valence electrons. The molecule has 1 heterocycles. The summed E-state index contributed by atoms with van der Waals surface area (Å²) in [6.45, 7) is 0. The molecule has 0 atom stereocenters. The number of benzene rings is 3. The van der Waals surface area contributed by atoms with Crippen molar-refractivity contribution in [1.29, 1.82) is 0 Å². The van der Waals surface area contributed by atoms with Crippen LogP contribution in [0.1, 0.15) is 9.60 Å². The largest absolute Gasteiger partial charge is 0.456 e. The monoisotopic (exact) mass is 285 g/mol. The number of fused-ring (bicyclic) bond motifs is 3. The van der Waals surface area contributed by atoms with Crippen LogP contribution in [0.5, 0.6) is 0 Å². The van der Waals surface area contributed by atoms with E-state index in [1.807, 2.05) is 0 Å². The summed E-state index contributed by atoms with van der Waals surface area (Å²) >= 11 is 6.30. The Labute approximate surface area is 131 Å². The zero-order valence-electron chi connectivity index (χ0n) is 17.1. The van der Waals surface area contributed by atoms with Crippen LogP contribution in [-0.2, 0) is 0 Å². The fourth-order valence-electron chi connectivity index (χ4n) is 2.23. The van der Waals surface area contributed by atoms with Crippen molar-refractivity contribution in [3.05, 3.63) is 71.6 Å². The molecule has 0 N–H and O–H groups in total. The van der Waals surface area contributed by atoms with E-state index in [2.05, 4.69) is 0 Å². The van der Waals surface area contributed by atoms with Gasteiger partial charge in [0, 0.05) is 21.4 Å². The summed E-state index contributed by atoms with van der Waals surface area (Å²) in [5.74, 6) is 0. The smallest absolute Gasteiger partial charge is 0.136 e. The molecule has 0 aliphatic heterocycles. The first kappa shape index (κ1) is 6.47. The van der Waals surface area contributed by atoms with Crippen LogP contribution in [0.4, 0.5) is 0 Å². The Morgan fingerprint density at radius 1 is 0.850 bits per heavy atom. The first-order valence-electron chi connectivity index (χ1n) is 9.42. The molecule has 4 rings (SSSR count). The van der Waals surface area contributed by atoms with Gasteiger partial charge in [-0.15, -0.1) is 0 Å². The van der Waals surface area contributed by atoms with Gasteiger partial charge in [-0.2, -0.15) is 0 Å². The molecule has 0 bridgehead atoms. The highest BCUT2D eigenvalue weighted by Gasteiger charge is 2.13. The molecule has 0 radical (unpaired) electrons. The number of furan rings is 1. The van der Waals surface area contributed by atoms with Gasteiger partial charge in [0.2, 0.25) is 0 Å². The van der Waals surface area contributed by atoms with E-state index in [0.717, 1.165) is 0 Å². The molecule has 0 saturated heterocycles. The molecule has 1 aromatic heterocycles. The van der Waals surface area contributed by atoms with E-state index in [-0.39, 0.29) is 57.7 Å². The number of hydrogen-bond acceptors (Lipinski definition) is 1. The van der Waals surface area contributed by atoms with Crippen molar-refractivity contribution < 1.29 is 14.0 Å². The van der Waals surface area contributed by atoms with Crippen molar-refractivity contribution in [2.45, 2.75) is 0 Å². The first-order valence-corrected chi connectivity index (χ1v) is 6.30. The standard InChI is InChI=1S/C18H11ClO/c19-15-9-3-1-6-12(15)13-8-5-11-17-18(13)14-7-2-4-10-16(14)20-17/h1-11H/i2D,4D,5D,7D,8D,10D,11D. The average molecular weight is 286 g/mol. The third kappa shape index (κ3) is 1.64. The van der Waals surface area contributed by atoms with Crippen LogP contribution in [0, 0.1) is 0 Å². The summed E-state index contributed by atoms with van der Waals surface area (Å²) in [6.07, 6.45) is 0. The molecule has 4 aromatic rings. The molecule has 0 amide bonds. The highest BCUT2D eigenvalue weighted by molar-refractivity contribution is 6.34. The second-order valence-electron chi connectivity index (χ2n) is 4.24. The van der Waals surface area contributed by atoms with E-state index in [1.54, 1.807) is 24.3 Å². The highest BCUT2D eigenvalue weighted by Crippen LogP contribution is 2.38. The normalized spacial score (nSPS) is 16.1. The maximum absolute atomic E-state index is 8.39. The van der Waals surface area contributed by atoms with Crippen LogP contribution in [0.15, 0.2) is 71.0 Å². The van der Waals surface area contributed by atoms with Gasteiger partial charge in [0.25, 0.3) is 0 Å². The number of para-hydroxylation sites is 1. The molecule has 0 unspecified atom stereocenters. The van der Waals surface area contributed by atoms with Gasteiger partial charge in [-0.1, -0.05) is 60.0 Å². The van der Waals surface area contributed by atoms with E-state index >= 15 is 0 Å². The number of halogens is 1. The molecule has 1 nitrogen and oxygen atoms in total. The van der Waals surface area contributed by atoms with Gasteiger partial charge in [0.15, 0.2) is 0 Å². The minimum absolute atomic E-state index is 0.0621. The minimum Gasteiger partial charge on any atom is -0.456 e. The Kier molecular flexibility index (Phi) is 1.42. The molecule has 20 heavy (non-hydrogen) atoms. The highest BCUT2D eigenvalue weighted by atomic mass is 35.5. The molecule has 3 aromatic carbocycles. The van der Waals surface area contributed by atoms with Crippen LogP contribution in [0.3, 0.4) is 0 Å². The predicted molar refractivity (Wildman–Crippen MR) is 84.2 cm³/mol. The minimum atomic E-state index is -0.449. The van der Waals surface area contributed by atoms with Gasteiger partial charge in [-0.3, -0.25) is 0 Å². The van der Waals surface area contributed by atoms with Gasteiger partial charge in [-0.25, -0.2) is 0 Å². The summed E-state index contributed by atoms with van der Waals surface area (Å²) in [5.41, 5.74) is 0.467. The first-order chi connectivity index (χ1) is 12.8. The molecule has 0 spiro atoms. The second kappa shape index (κ2) is 4.39. The third-order valence-electron chi connectivity index (χ3n) is 3.09. The van der Waals surface area contributed by atoms with Crippen LogP contribution in [0.25, 0.3) is 33.1 Å². The van der Waals surface area contributed by atoms with Crippen LogP contribution >= 0.6 is 11.6 Å². The Hall–Kier alpha value is -2.25. The van der Waals surface area contributed by atoms with Gasteiger partial charge in [-0.05, 0) is 23.7 Å². The maximum Gasteiger partial charge on any atom is 0.136 e.